The zero-order chi connectivity index (χ0) is 56.9. The molecule has 4 saturated heterocycles. The minimum atomic E-state index is -2.17. The van der Waals surface area contributed by atoms with E-state index in [4.69, 9.17) is 85.3 Å². The highest BCUT2D eigenvalue weighted by molar-refractivity contribution is 5.69. The van der Waals surface area contributed by atoms with Gasteiger partial charge in [0, 0.05) is 76.3 Å². The Morgan fingerprint density at radius 2 is 0.579 bits per heavy atom. The van der Waals surface area contributed by atoms with Crippen molar-refractivity contribution >= 4 is 59.7 Å². The molecular weight excluding hydrogens is 1040 g/mol. The summed E-state index contributed by atoms with van der Waals surface area (Å²) in [5, 5.41) is 34.6. The van der Waals surface area contributed by atoms with Crippen LogP contribution in [0.4, 0.5) is 0 Å². The summed E-state index contributed by atoms with van der Waals surface area (Å²) in [7, 11) is 1.17. The Morgan fingerprint density at radius 1 is 0.316 bits per heavy atom. The molecule has 31 heteroatoms. The molecule has 4 fully saturated rings. The number of carbonyl (C=O) groups is 10. The number of rotatable bonds is 21. The number of hydrogen-bond donors (Lipinski definition) is 3. The lowest BCUT2D eigenvalue weighted by atomic mass is 9.95. The van der Waals surface area contributed by atoms with E-state index in [1.54, 1.807) is 0 Å². The molecule has 4 heterocycles. The van der Waals surface area contributed by atoms with Gasteiger partial charge in [-0.2, -0.15) is 0 Å². The number of aliphatic hydroxyl groups is 3. The summed E-state index contributed by atoms with van der Waals surface area (Å²) < 4.78 is 102. The minimum absolute atomic E-state index is 0.542. The Hall–Kier alpha value is -5.74. The van der Waals surface area contributed by atoms with Crippen LogP contribution in [0.1, 0.15) is 69.2 Å². The van der Waals surface area contributed by atoms with Crippen molar-refractivity contribution < 1.29 is 149 Å². The molecule has 0 aliphatic carbocycles. The third-order valence-corrected chi connectivity index (χ3v) is 11.2. The largest absolute Gasteiger partial charge is 0.463 e. The van der Waals surface area contributed by atoms with Gasteiger partial charge < -0.3 is 101 Å². The summed E-state index contributed by atoms with van der Waals surface area (Å²) in [5.41, 5.74) is 0. The van der Waals surface area contributed by atoms with Crippen LogP contribution in [0.2, 0.25) is 0 Å². The Bertz CT molecular complexity index is 2060. The van der Waals surface area contributed by atoms with Crippen molar-refractivity contribution in [2.45, 2.75) is 192 Å². The van der Waals surface area contributed by atoms with Crippen LogP contribution in [0.3, 0.4) is 0 Å². The Morgan fingerprint density at radius 3 is 0.934 bits per heavy atom. The van der Waals surface area contributed by atoms with E-state index < -0.39 is 209 Å². The summed E-state index contributed by atoms with van der Waals surface area (Å²) in [5.74, 6) is -9.74. The molecule has 76 heavy (non-hydrogen) atoms. The normalized spacial score (nSPS) is 35.2. The van der Waals surface area contributed by atoms with Crippen LogP contribution in [-0.4, -0.2) is 231 Å². The number of ether oxygens (including phenoxy) is 18. The van der Waals surface area contributed by atoms with E-state index >= 15 is 0 Å². The molecule has 3 N–H and O–H groups in total. The second-order valence-corrected chi connectivity index (χ2v) is 17.3. The maximum absolute atomic E-state index is 13.1. The van der Waals surface area contributed by atoms with Gasteiger partial charge in [0.05, 0.1) is 0 Å². The van der Waals surface area contributed by atoms with Crippen molar-refractivity contribution in [1.82, 2.24) is 0 Å². The van der Waals surface area contributed by atoms with E-state index in [9.17, 15) is 63.3 Å². The van der Waals surface area contributed by atoms with Crippen LogP contribution in [0, 0.1) is 0 Å². The lowest BCUT2D eigenvalue weighted by Gasteiger charge is -2.50. The molecule has 20 atom stereocenters. The number of hydrogen-bond acceptors (Lipinski definition) is 31. The van der Waals surface area contributed by atoms with E-state index in [1.165, 1.54) is 7.11 Å². The first-order chi connectivity index (χ1) is 35.6. The molecule has 0 amide bonds. The van der Waals surface area contributed by atoms with Crippen molar-refractivity contribution in [3.8, 4) is 0 Å². The second-order valence-electron chi connectivity index (χ2n) is 17.3. The zero-order valence-corrected chi connectivity index (χ0v) is 43.1. The van der Waals surface area contributed by atoms with Crippen molar-refractivity contribution in [3.63, 3.8) is 0 Å². The predicted octanol–water partition coefficient (Wildman–Crippen LogP) is -3.39. The van der Waals surface area contributed by atoms with Crippen molar-refractivity contribution in [2.75, 3.05) is 33.5 Å². The van der Waals surface area contributed by atoms with Gasteiger partial charge >= 0.3 is 59.7 Å². The van der Waals surface area contributed by atoms with E-state index in [1.807, 2.05) is 0 Å². The third kappa shape index (κ3) is 17.7. The van der Waals surface area contributed by atoms with Gasteiger partial charge in [-0.15, -0.1) is 0 Å². The average Bonchev–Trinajstić information content (AvgIpc) is 3.29. The van der Waals surface area contributed by atoms with E-state index in [2.05, 4.69) is 0 Å². The molecule has 12 unspecified atom stereocenters. The highest BCUT2D eigenvalue weighted by atomic mass is 16.8. The summed E-state index contributed by atoms with van der Waals surface area (Å²) in [6, 6.07) is 0. The molecule has 31 nitrogen and oxygen atoms in total. The summed E-state index contributed by atoms with van der Waals surface area (Å²) in [6.07, 6.45) is -37.0. The second kappa shape index (κ2) is 28.6. The molecule has 0 aromatic rings. The molecule has 0 aromatic carbocycles. The molecule has 0 aromatic heterocycles. The van der Waals surface area contributed by atoms with Crippen molar-refractivity contribution in [2.24, 2.45) is 0 Å². The molecule has 0 saturated carbocycles. The SMILES string of the molecule is COC1C(O)C(OC(C)=O)[C@@H](OC2C(COC(C)=O)O[C@@H](OC3C(OC(C)=O)C(OC(C)=O)[C@@H](OC4C(COC(C)=O)O[C@@H](O)C(OC(C)=O)[C@H]4OC(C)=O)O[C@H]3COC(C)=O)C(OC(C)=O)[C@H]2O)O[C@H]1COC(C)=O. The molecule has 0 radical (unpaired) electrons. The fraction of sp³-hybridized carbons (Fsp3) is 0.778. The van der Waals surface area contributed by atoms with Crippen LogP contribution >= 0.6 is 0 Å². The van der Waals surface area contributed by atoms with Crippen LogP contribution in [0.15, 0.2) is 0 Å². The quantitative estimate of drug-likeness (QED) is 0.0745. The van der Waals surface area contributed by atoms with Gasteiger partial charge in [-0.1, -0.05) is 0 Å². The topological polar surface area (TPSA) is 398 Å². The van der Waals surface area contributed by atoms with Crippen LogP contribution in [-0.2, 0) is 133 Å². The molecular formula is C45H64O31. The van der Waals surface area contributed by atoms with Gasteiger partial charge in [-0.05, 0) is 0 Å². The average molecular weight is 1100 g/mol. The number of esters is 10. The van der Waals surface area contributed by atoms with Gasteiger partial charge in [0.1, 0.15) is 87.5 Å². The standard InChI is InChI=1S/C45H64O31/c1-16(46)60-12-26-32(59-11)30(56)36(64-20(5)50)43(71-26)74-33-27(13-61-17(2)47)72-44(37(31(33)57)65-21(6)51)75-35-29(15-63-19(4)49)73-45(41(69-25(10)55)39(35)67-23(8)53)76-34-28(14-62-18(3)48)70-42(58)40(68-24(9)54)38(34)66-22(7)52/h26-45,56-58H,12-15H2,1-11H3/t26-,27?,28?,29-,30?,31-,32?,33?,34?,35?,36?,37?,38-,39?,40?,41?,42+,43+,44-,45+/m0/s1. The Kier molecular flexibility index (Phi) is 23.6. The van der Waals surface area contributed by atoms with Gasteiger partial charge in [0.2, 0.25) is 0 Å². The van der Waals surface area contributed by atoms with Gasteiger partial charge in [0.15, 0.2) is 61.8 Å². The van der Waals surface area contributed by atoms with Crippen LogP contribution in [0.5, 0.6) is 0 Å². The van der Waals surface area contributed by atoms with Crippen LogP contribution < -0.4 is 0 Å². The van der Waals surface area contributed by atoms with Crippen LogP contribution in [0.25, 0.3) is 0 Å². The molecule has 430 valence electrons. The zero-order valence-electron chi connectivity index (χ0n) is 43.1. The lowest BCUT2D eigenvalue weighted by molar-refractivity contribution is -0.388. The number of methoxy groups -OCH3 is 1. The summed E-state index contributed by atoms with van der Waals surface area (Å²) >= 11 is 0. The van der Waals surface area contributed by atoms with Gasteiger partial charge in [-0.25, -0.2) is 0 Å². The smallest absolute Gasteiger partial charge is 0.303 e. The highest BCUT2D eigenvalue weighted by Crippen LogP contribution is 2.38. The first-order valence-electron chi connectivity index (χ1n) is 23.3. The molecule has 4 aliphatic heterocycles. The molecule has 0 spiro atoms. The maximum atomic E-state index is 13.1. The van der Waals surface area contributed by atoms with Gasteiger partial charge in [0.25, 0.3) is 0 Å². The fourth-order valence-corrected chi connectivity index (χ4v) is 8.40. The number of aliphatic hydroxyl groups excluding tert-OH is 3. The third-order valence-electron chi connectivity index (χ3n) is 11.2. The molecule has 4 rings (SSSR count). The summed E-state index contributed by atoms with van der Waals surface area (Å²) in [4.78, 5) is 125. The molecule has 0 bridgehead atoms. The minimum Gasteiger partial charge on any atom is -0.463 e. The highest BCUT2D eigenvalue weighted by Gasteiger charge is 2.60. The van der Waals surface area contributed by atoms with Crippen molar-refractivity contribution in [3.05, 3.63) is 0 Å². The summed E-state index contributed by atoms with van der Waals surface area (Å²) in [6.45, 7) is 6.81. The lowest BCUT2D eigenvalue weighted by Crippen LogP contribution is -2.69. The Balaban J connectivity index is 1.86. The van der Waals surface area contributed by atoms with E-state index in [0.717, 1.165) is 69.2 Å². The molecule has 4 aliphatic rings. The Labute approximate surface area is 433 Å². The van der Waals surface area contributed by atoms with E-state index in [-0.39, 0.29) is 0 Å². The van der Waals surface area contributed by atoms with E-state index in [0.29, 0.717) is 0 Å². The fourth-order valence-electron chi connectivity index (χ4n) is 8.40. The maximum Gasteiger partial charge on any atom is 0.303 e. The number of carbonyl (C=O) groups excluding carboxylic acids is 10. The van der Waals surface area contributed by atoms with Crippen molar-refractivity contribution in [1.29, 1.82) is 0 Å². The predicted molar refractivity (Wildman–Crippen MR) is 234 cm³/mol. The first kappa shape index (κ1) is 62.8. The first-order valence-corrected chi connectivity index (χ1v) is 23.3. The monoisotopic (exact) mass is 1100 g/mol. The van der Waals surface area contributed by atoms with Gasteiger partial charge in [-0.3, -0.25) is 47.9 Å².